The van der Waals surface area contributed by atoms with Gasteiger partial charge in [0.1, 0.15) is 0 Å². The maximum atomic E-state index is 11.1. The van der Waals surface area contributed by atoms with Gasteiger partial charge in [0.05, 0.1) is 17.6 Å². The van der Waals surface area contributed by atoms with E-state index in [0.29, 0.717) is 38.0 Å². The highest BCUT2D eigenvalue weighted by Gasteiger charge is 2.34. The number of phenols is 1. The molecular formula is C19H21BrN2O5. The number of hydrogen-bond acceptors (Lipinski definition) is 6. The largest absolute Gasteiger partial charge is 0.500 e. The number of aliphatic hydroxyl groups is 1. The molecular weight excluding hydrogens is 416 g/mol. The second-order valence-corrected chi connectivity index (χ2v) is 7.65. The number of ether oxygens (including phenoxy) is 1. The third kappa shape index (κ3) is 4.23. The minimum Gasteiger partial charge on any atom is -0.500 e. The molecule has 144 valence electrons. The average molecular weight is 437 g/mol. The molecule has 2 N–H and O–H groups in total. The minimum absolute atomic E-state index is 0.0857. The van der Waals surface area contributed by atoms with E-state index in [1.807, 2.05) is 24.3 Å². The molecule has 1 aliphatic rings. The number of halogens is 1. The lowest BCUT2D eigenvalue weighted by atomic mass is 9.84. The second kappa shape index (κ2) is 7.84. The Kier molecular flexibility index (Phi) is 5.69. The summed E-state index contributed by atoms with van der Waals surface area (Å²) in [5, 5.41) is 32.0. The molecule has 0 unspecified atom stereocenters. The van der Waals surface area contributed by atoms with Gasteiger partial charge in [0.25, 0.3) is 0 Å². The number of rotatable bonds is 5. The number of nitro benzene ring substituents is 1. The van der Waals surface area contributed by atoms with E-state index in [2.05, 4.69) is 20.8 Å². The average Bonchev–Trinajstić information content (AvgIpc) is 2.65. The smallest absolute Gasteiger partial charge is 0.314 e. The van der Waals surface area contributed by atoms with Gasteiger partial charge in [-0.15, -0.1) is 0 Å². The predicted octanol–water partition coefficient (Wildman–Crippen LogP) is 3.56. The Bertz CT molecular complexity index is 833. The minimum atomic E-state index is -0.865. The second-order valence-electron chi connectivity index (χ2n) is 6.74. The number of piperidine rings is 1. The molecule has 7 nitrogen and oxygen atoms in total. The zero-order valence-corrected chi connectivity index (χ0v) is 16.5. The highest BCUT2D eigenvalue weighted by molar-refractivity contribution is 9.10. The van der Waals surface area contributed by atoms with Gasteiger partial charge in [0, 0.05) is 30.2 Å². The SMILES string of the molecule is COc1cc(CN2CCC(O)(c3ccc(Br)cc3)CC2)cc([N+](=O)[O-])c1O. The molecule has 8 heteroatoms. The van der Waals surface area contributed by atoms with Crippen LogP contribution in [0.25, 0.3) is 0 Å². The molecule has 2 aromatic carbocycles. The van der Waals surface area contributed by atoms with Crippen molar-refractivity contribution >= 4 is 21.6 Å². The third-order valence-corrected chi connectivity index (χ3v) is 5.53. The van der Waals surface area contributed by atoms with Crippen LogP contribution in [0.5, 0.6) is 11.5 Å². The third-order valence-electron chi connectivity index (χ3n) is 5.00. The number of aromatic hydroxyl groups is 1. The quantitative estimate of drug-likeness (QED) is 0.549. The van der Waals surface area contributed by atoms with Crippen LogP contribution >= 0.6 is 15.9 Å². The van der Waals surface area contributed by atoms with Crippen molar-refractivity contribution in [2.45, 2.75) is 25.0 Å². The van der Waals surface area contributed by atoms with Crippen LogP contribution in [0.3, 0.4) is 0 Å². The van der Waals surface area contributed by atoms with Gasteiger partial charge in [-0.05, 0) is 42.2 Å². The first-order valence-electron chi connectivity index (χ1n) is 8.57. The summed E-state index contributed by atoms with van der Waals surface area (Å²) in [6.07, 6.45) is 1.15. The first-order valence-corrected chi connectivity index (χ1v) is 9.37. The summed E-state index contributed by atoms with van der Waals surface area (Å²) in [7, 11) is 1.36. The van der Waals surface area contributed by atoms with Crippen molar-refractivity contribution in [3.8, 4) is 11.5 Å². The molecule has 3 rings (SSSR count). The fourth-order valence-corrected chi connectivity index (χ4v) is 3.69. The molecule has 1 saturated heterocycles. The highest BCUT2D eigenvalue weighted by atomic mass is 79.9. The predicted molar refractivity (Wildman–Crippen MR) is 104 cm³/mol. The summed E-state index contributed by atoms with van der Waals surface area (Å²) < 4.78 is 6.02. The molecule has 1 fully saturated rings. The van der Waals surface area contributed by atoms with Crippen LogP contribution < -0.4 is 4.74 Å². The standard InChI is InChI=1S/C19H21BrN2O5/c1-27-17-11-13(10-16(18(17)23)22(25)26)12-21-8-6-19(24,7-9-21)14-2-4-15(20)5-3-14/h2-5,10-11,23-24H,6-9,12H2,1H3. The topological polar surface area (TPSA) is 96.1 Å². The van der Waals surface area contributed by atoms with Crippen LogP contribution in [-0.4, -0.2) is 40.2 Å². The number of hydrogen-bond donors (Lipinski definition) is 2. The van der Waals surface area contributed by atoms with Crippen LogP contribution in [0.1, 0.15) is 24.0 Å². The van der Waals surface area contributed by atoms with Gasteiger partial charge in [-0.3, -0.25) is 15.0 Å². The van der Waals surface area contributed by atoms with Crippen molar-refractivity contribution < 1.29 is 19.9 Å². The number of nitro groups is 1. The molecule has 1 aliphatic heterocycles. The van der Waals surface area contributed by atoms with E-state index in [1.54, 1.807) is 6.07 Å². The molecule has 0 aliphatic carbocycles. The van der Waals surface area contributed by atoms with Crippen LogP contribution in [0.15, 0.2) is 40.9 Å². The maximum Gasteiger partial charge on any atom is 0.314 e. The van der Waals surface area contributed by atoms with Crippen molar-refractivity contribution in [1.29, 1.82) is 0 Å². The Labute approximate surface area is 165 Å². The van der Waals surface area contributed by atoms with Crippen molar-refractivity contribution in [3.05, 3.63) is 62.1 Å². The van der Waals surface area contributed by atoms with Crippen LogP contribution in [-0.2, 0) is 12.1 Å². The zero-order valence-electron chi connectivity index (χ0n) is 14.9. The van der Waals surface area contributed by atoms with Crippen LogP contribution in [0.2, 0.25) is 0 Å². The number of likely N-dealkylation sites (tertiary alicyclic amines) is 1. The summed E-state index contributed by atoms with van der Waals surface area (Å²) in [6.45, 7) is 1.79. The Morgan fingerprint density at radius 1 is 1.26 bits per heavy atom. The van der Waals surface area contributed by atoms with E-state index in [9.17, 15) is 20.3 Å². The highest BCUT2D eigenvalue weighted by Crippen LogP contribution is 2.38. The van der Waals surface area contributed by atoms with E-state index < -0.39 is 16.3 Å². The van der Waals surface area contributed by atoms with Gasteiger partial charge in [-0.2, -0.15) is 0 Å². The summed E-state index contributed by atoms with van der Waals surface area (Å²) in [5.41, 5.74) is 0.348. The molecule has 0 atom stereocenters. The molecule has 0 radical (unpaired) electrons. The van der Waals surface area contributed by atoms with E-state index in [0.717, 1.165) is 10.0 Å². The maximum absolute atomic E-state index is 11.1. The number of phenolic OH excluding ortho intramolecular Hbond substituents is 1. The lowest BCUT2D eigenvalue weighted by Gasteiger charge is -2.38. The van der Waals surface area contributed by atoms with Crippen LogP contribution in [0.4, 0.5) is 5.69 Å². The number of benzene rings is 2. The monoisotopic (exact) mass is 436 g/mol. The van der Waals surface area contributed by atoms with Crippen molar-refractivity contribution in [2.24, 2.45) is 0 Å². The summed E-state index contributed by atoms with van der Waals surface area (Å²) in [4.78, 5) is 12.6. The summed E-state index contributed by atoms with van der Waals surface area (Å²) in [6, 6.07) is 10.7. The van der Waals surface area contributed by atoms with E-state index >= 15 is 0 Å². The van der Waals surface area contributed by atoms with Crippen LogP contribution in [0, 0.1) is 10.1 Å². The molecule has 0 amide bonds. The lowest BCUT2D eigenvalue weighted by molar-refractivity contribution is -0.386. The number of methoxy groups -OCH3 is 1. The van der Waals surface area contributed by atoms with Gasteiger partial charge in [0.2, 0.25) is 5.75 Å². The van der Waals surface area contributed by atoms with Crippen molar-refractivity contribution in [3.63, 3.8) is 0 Å². The van der Waals surface area contributed by atoms with E-state index in [4.69, 9.17) is 4.74 Å². The molecule has 0 bridgehead atoms. The Balaban J connectivity index is 1.71. The van der Waals surface area contributed by atoms with Gasteiger partial charge in [0.15, 0.2) is 5.75 Å². The molecule has 27 heavy (non-hydrogen) atoms. The molecule has 2 aromatic rings. The first kappa shape index (κ1) is 19.6. The molecule has 1 heterocycles. The van der Waals surface area contributed by atoms with Gasteiger partial charge in [-0.25, -0.2) is 0 Å². The van der Waals surface area contributed by atoms with Crippen molar-refractivity contribution in [1.82, 2.24) is 4.90 Å². The Morgan fingerprint density at radius 2 is 1.89 bits per heavy atom. The van der Waals surface area contributed by atoms with E-state index in [-0.39, 0.29) is 11.4 Å². The molecule has 0 saturated carbocycles. The lowest BCUT2D eigenvalue weighted by Crippen LogP contribution is -2.42. The van der Waals surface area contributed by atoms with Gasteiger partial charge in [-0.1, -0.05) is 28.1 Å². The fourth-order valence-electron chi connectivity index (χ4n) is 3.42. The van der Waals surface area contributed by atoms with E-state index in [1.165, 1.54) is 13.2 Å². The first-order chi connectivity index (χ1) is 12.8. The summed E-state index contributed by atoms with van der Waals surface area (Å²) in [5.74, 6) is -0.378. The number of nitrogens with zero attached hydrogens (tertiary/aromatic N) is 2. The molecule has 0 spiro atoms. The van der Waals surface area contributed by atoms with Crippen molar-refractivity contribution in [2.75, 3.05) is 20.2 Å². The zero-order chi connectivity index (χ0) is 19.6. The normalized spacial score (nSPS) is 16.9. The van der Waals surface area contributed by atoms with Gasteiger partial charge >= 0.3 is 5.69 Å². The van der Waals surface area contributed by atoms with Gasteiger partial charge < -0.3 is 14.9 Å². The molecule has 0 aromatic heterocycles. The summed E-state index contributed by atoms with van der Waals surface area (Å²) >= 11 is 3.40. The Hall–Kier alpha value is -2.16. The Morgan fingerprint density at radius 3 is 2.44 bits per heavy atom. The fraction of sp³-hybridized carbons (Fsp3) is 0.368.